The molecule has 0 aliphatic carbocycles. The number of anilines is 1. The van der Waals surface area contributed by atoms with Crippen molar-refractivity contribution in [1.82, 2.24) is 5.32 Å². The van der Waals surface area contributed by atoms with Crippen molar-refractivity contribution >= 4 is 29.4 Å². The van der Waals surface area contributed by atoms with Crippen LogP contribution in [0.1, 0.15) is 42.9 Å². The SMILES string of the molecule is CCOC(=O)CNC(=O)Nc1ccc([C@@H]2O[C@H](CSc3ccccc3)[C@H](C)[C@H](c3ccc(CO)cc3)O2)cc1. The summed E-state index contributed by atoms with van der Waals surface area (Å²) in [5, 5.41) is 14.6. The highest BCUT2D eigenvalue weighted by molar-refractivity contribution is 7.99. The normalized spacial score (nSPS) is 20.7. The van der Waals surface area contributed by atoms with Gasteiger partial charge >= 0.3 is 12.0 Å². The molecule has 1 heterocycles. The Bertz CT molecular complexity index is 1210. The van der Waals surface area contributed by atoms with Gasteiger partial charge in [-0.2, -0.15) is 0 Å². The molecule has 0 unspecified atom stereocenters. The lowest BCUT2D eigenvalue weighted by molar-refractivity contribution is -0.268. The number of aliphatic hydroxyl groups is 1. The summed E-state index contributed by atoms with van der Waals surface area (Å²) in [4.78, 5) is 24.8. The third-order valence-electron chi connectivity index (χ3n) is 6.42. The third kappa shape index (κ3) is 8.06. The second-order valence-electron chi connectivity index (χ2n) is 9.18. The standard InChI is InChI=1S/C30H34N2O6S/c1-3-36-27(34)17-31-30(35)32-24-15-13-23(14-16-24)29-37-26(19-39-25-7-5-4-6-8-25)20(2)28(38-29)22-11-9-21(18-33)10-12-22/h4-16,20,26,28-29,33H,3,17-19H2,1-2H3,(H2,31,32,35)/t20-,26+,28+,29+/m0/s1. The lowest BCUT2D eigenvalue weighted by Crippen LogP contribution is -2.38. The van der Waals surface area contributed by atoms with Gasteiger partial charge in [0, 0.05) is 27.8 Å². The van der Waals surface area contributed by atoms with Gasteiger partial charge in [-0.1, -0.05) is 61.5 Å². The van der Waals surface area contributed by atoms with Crippen LogP contribution in [0.5, 0.6) is 0 Å². The molecule has 0 aromatic heterocycles. The second-order valence-corrected chi connectivity index (χ2v) is 10.3. The fourth-order valence-electron chi connectivity index (χ4n) is 4.27. The Morgan fingerprint density at radius 1 is 0.949 bits per heavy atom. The fraction of sp³-hybridized carbons (Fsp3) is 0.333. The Morgan fingerprint density at radius 2 is 1.64 bits per heavy atom. The van der Waals surface area contributed by atoms with Crippen LogP contribution in [0, 0.1) is 5.92 Å². The number of benzene rings is 3. The summed E-state index contributed by atoms with van der Waals surface area (Å²) in [7, 11) is 0. The van der Waals surface area contributed by atoms with E-state index in [1.165, 1.54) is 4.90 Å². The Labute approximate surface area is 233 Å². The summed E-state index contributed by atoms with van der Waals surface area (Å²) in [5.41, 5.74) is 3.27. The number of rotatable bonds is 10. The van der Waals surface area contributed by atoms with Crippen molar-refractivity contribution < 1.29 is 28.9 Å². The molecular weight excluding hydrogens is 516 g/mol. The molecule has 4 rings (SSSR count). The molecule has 1 saturated heterocycles. The molecule has 0 saturated carbocycles. The van der Waals surface area contributed by atoms with Crippen molar-refractivity contribution in [3.8, 4) is 0 Å². The van der Waals surface area contributed by atoms with Crippen molar-refractivity contribution in [1.29, 1.82) is 0 Å². The van der Waals surface area contributed by atoms with Crippen LogP contribution in [0.2, 0.25) is 0 Å². The molecule has 4 atom stereocenters. The summed E-state index contributed by atoms with van der Waals surface area (Å²) >= 11 is 1.75. The van der Waals surface area contributed by atoms with Gasteiger partial charge in [0.2, 0.25) is 0 Å². The van der Waals surface area contributed by atoms with E-state index in [0.29, 0.717) is 5.69 Å². The van der Waals surface area contributed by atoms with E-state index < -0.39 is 18.3 Å². The number of thioether (sulfide) groups is 1. The molecule has 206 valence electrons. The molecule has 0 spiro atoms. The first kappa shape index (κ1) is 28.6. The maximum atomic E-state index is 12.1. The Morgan fingerprint density at radius 3 is 2.31 bits per heavy atom. The number of ether oxygens (including phenoxy) is 3. The van der Waals surface area contributed by atoms with E-state index in [0.717, 1.165) is 22.4 Å². The van der Waals surface area contributed by atoms with Crippen molar-refractivity contribution in [2.75, 3.05) is 24.2 Å². The molecule has 1 aliphatic heterocycles. The van der Waals surface area contributed by atoms with Gasteiger partial charge in [-0.05, 0) is 42.3 Å². The van der Waals surface area contributed by atoms with E-state index in [4.69, 9.17) is 14.2 Å². The molecule has 3 N–H and O–H groups in total. The average molecular weight is 551 g/mol. The predicted octanol–water partition coefficient (Wildman–Crippen LogP) is 5.45. The van der Waals surface area contributed by atoms with Gasteiger partial charge in [0.15, 0.2) is 6.29 Å². The van der Waals surface area contributed by atoms with E-state index in [2.05, 4.69) is 29.7 Å². The number of urea groups is 1. The van der Waals surface area contributed by atoms with Crippen LogP contribution in [0.3, 0.4) is 0 Å². The lowest BCUT2D eigenvalue weighted by Gasteiger charge is -2.41. The number of amides is 2. The van der Waals surface area contributed by atoms with E-state index in [9.17, 15) is 14.7 Å². The first-order valence-corrected chi connectivity index (χ1v) is 13.9. The van der Waals surface area contributed by atoms with Crippen LogP contribution in [0.15, 0.2) is 83.8 Å². The quantitative estimate of drug-likeness (QED) is 0.228. The van der Waals surface area contributed by atoms with E-state index in [1.807, 2.05) is 54.6 Å². The number of hydrogen-bond acceptors (Lipinski definition) is 7. The molecule has 1 aliphatic rings. The molecule has 0 radical (unpaired) electrons. The maximum Gasteiger partial charge on any atom is 0.325 e. The second kappa shape index (κ2) is 14.1. The van der Waals surface area contributed by atoms with E-state index in [-0.39, 0.29) is 37.9 Å². The summed E-state index contributed by atoms with van der Waals surface area (Å²) in [6.45, 7) is 3.89. The number of carbonyl (C=O) groups is 2. The lowest BCUT2D eigenvalue weighted by atomic mass is 9.91. The molecule has 1 fully saturated rings. The average Bonchev–Trinajstić information content (AvgIpc) is 2.97. The minimum Gasteiger partial charge on any atom is -0.465 e. The van der Waals surface area contributed by atoms with Crippen LogP contribution in [-0.2, 0) is 25.6 Å². The number of carbonyl (C=O) groups excluding carboxylic acids is 2. The van der Waals surface area contributed by atoms with Gasteiger partial charge in [0.1, 0.15) is 6.54 Å². The first-order chi connectivity index (χ1) is 19.0. The van der Waals surface area contributed by atoms with Crippen molar-refractivity contribution in [2.45, 2.75) is 43.8 Å². The summed E-state index contributed by atoms with van der Waals surface area (Å²) in [5.74, 6) is 0.349. The molecule has 39 heavy (non-hydrogen) atoms. The van der Waals surface area contributed by atoms with Crippen LogP contribution < -0.4 is 10.6 Å². The van der Waals surface area contributed by atoms with Gasteiger partial charge in [0.05, 0.1) is 25.4 Å². The Kier molecular flexibility index (Phi) is 10.4. The van der Waals surface area contributed by atoms with Crippen LogP contribution >= 0.6 is 11.8 Å². The van der Waals surface area contributed by atoms with Crippen molar-refractivity contribution in [3.63, 3.8) is 0 Å². The minimum absolute atomic E-state index is 0.00926. The number of esters is 1. The maximum absolute atomic E-state index is 12.1. The highest BCUT2D eigenvalue weighted by atomic mass is 32.2. The number of hydrogen-bond donors (Lipinski definition) is 3. The fourth-order valence-corrected chi connectivity index (χ4v) is 5.36. The zero-order valence-corrected chi connectivity index (χ0v) is 22.9. The molecule has 3 aromatic carbocycles. The smallest absolute Gasteiger partial charge is 0.325 e. The Hall–Kier alpha value is -3.37. The summed E-state index contributed by atoms with van der Waals surface area (Å²) < 4.78 is 17.8. The predicted molar refractivity (Wildman–Crippen MR) is 150 cm³/mol. The summed E-state index contributed by atoms with van der Waals surface area (Å²) in [6, 6.07) is 24.8. The van der Waals surface area contributed by atoms with Crippen LogP contribution in [0.4, 0.5) is 10.5 Å². The van der Waals surface area contributed by atoms with Gasteiger partial charge < -0.3 is 30.0 Å². The third-order valence-corrected chi connectivity index (χ3v) is 7.52. The van der Waals surface area contributed by atoms with Gasteiger partial charge in [-0.25, -0.2) is 4.79 Å². The van der Waals surface area contributed by atoms with E-state index >= 15 is 0 Å². The number of aliphatic hydroxyl groups excluding tert-OH is 1. The van der Waals surface area contributed by atoms with E-state index in [1.54, 1.807) is 30.8 Å². The van der Waals surface area contributed by atoms with Gasteiger partial charge in [-0.15, -0.1) is 11.8 Å². The summed E-state index contributed by atoms with van der Waals surface area (Å²) in [6.07, 6.45) is -0.885. The molecule has 2 amide bonds. The molecular formula is C30H34N2O6S. The molecule has 0 bridgehead atoms. The topological polar surface area (TPSA) is 106 Å². The van der Waals surface area contributed by atoms with Gasteiger partial charge in [-0.3, -0.25) is 4.79 Å². The van der Waals surface area contributed by atoms with Crippen molar-refractivity contribution in [2.24, 2.45) is 5.92 Å². The van der Waals surface area contributed by atoms with Crippen LogP contribution in [-0.4, -0.2) is 42.1 Å². The number of nitrogens with one attached hydrogen (secondary N) is 2. The monoisotopic (exact) mass is 550 g/mol. The zero-order chi connectivity index (χ0) is 27.6. The largest absolute Gasteiger partial charge is 0.465 e. The molecule has 3 aromatic rings. The molecule has 9 heteroatoms. The highest BCUT2D eigenvalue weighted by Crippen LogP contribution is 2.43. The van der Waals surface area contributed by atoms with Gasteiger partial charge in [0.25, 0.3) is 0 Å². The first-order valence-electron chi connectivity index (χ1n) is 13.0. The minimum atomic E-state index is -0.600. The Balaban J connectivity index is 1.46. The highest BCUT2D eigenvalue weighted by Gasteiger charge is 2.38. The molecule has 8 nitrogen and oxygen atoms in total. The van der Waals surface area contributed by atoms with Crippen LogP contribution in [0.25, 0.3) is 0 Å². The zero-order valence-electron chi connectivity index (χ0n) is 22.0. The van der Waals surface area contributed by atoms with Crippen molar-refractivity contribution in [3.05, 3.63) is 95.6 Å².